The van der Waals surface area contributed by atoms with Crippen LogP contribution in [0.15, 0.2) is 71.6 Å². The molecule has 8 nitrogen and oxygen atoms in total. The average Bonchev–Trinajstić information content (AvgIpc) is 2.82. The number of hydroxylamine groups is 1. The minimum atomic E-state index is -4.08. The van der Waals surface area contributed by atoms with E-state index in [2.05, 4.69) is 5.32 Å². The highest BCUT2D eigenvalue weighted by Crippen LogP contribution is 2.27. The van der Waals surface area contributed by atoms with Gasteiger partial charge in [-0.25, -0.2) is 13.9 Å². The van der Waals surface area contributed by atoms with Gasteiger partial charge in [0.1, 0.15) is 6.04 Å². The molecule has 3 rings (SSSR count). The van der Waals surface area contributed by atoms with Gasteiger partial charge < -0.3 is 5.32 Å². The van der Waals surface area contributed by atoms with Crippen LogP contribution in [0, 0.1) is 5.92 Å². The molecule has 35 heavy (non-hydrogen) atoms. The first kappa shape index (κ1) is 26.3. The molecule has 0 fully saturated rings. The van der Waals surface area contributed by atoms with Crippen molar-refractivity contribution in [3.63, 3.8) is 0 Å². The van der Waals surface area contributed by atoms with Crippen LogP contribution >= 0.6 is 0 Å². The zero-order valence-electron chi connectivity index (χ0n) is 20.1. The summed E-state index contributed by atoms with van der Waals surface area (Å²) in [6.45, 7) is 5.00. The lowest BCUT2D eigenvalue weighted by molar-refractivity contribution is -0.134. The predicted molar refractivity (Wildman–Crippen MR) is 135 cm³/mol. The summed E-state index contributed by atoms with van der Waals surface area (Å²) >= 11 is 0. The topological polar surface area (TPSA) is 116 Å². The Kier molecular flexibility index (Phi) is 8.61. The van der Waals surface area contributed by atoms with E-state index in [0.29, 0.717) is 23.9 Å². The van der Waals surface area contributed by atoms with Gasteiger partial charge in [0.05, 0.1) is 4.90 Å². The predicted octanol–water partition coefficient (Wildman–Crippen LogP) is 3.95. The Labute approximate surface area is 206 Å². The van der Waals surface area contributed by atoms with Crippen molar-refractivity contribution in [1.82, 2.24) is 9.79 Å². The third-order valence-corrected chi connectivity index (χ3v) is 7.62. The summed E-state index contributed by atoms with van der Waals surface area (Å²) in [4.78, 5) is 23.9. The van der Waals surface area contributed by atoms with Gasteiger partial charge in [-0.05, 0) is 59.4 Å². The summed E-state index contributed by atoms with van der Waals surface area (Å²) in [6, 6.07) is 18.5. The van der Waals surface area contributed by atoms with Crippen molar-refractivity contribution in [3.05, 3.63) is 72.3 Å². The first-order valence-corrected chi connectivity index (χ1v) is 12.9. The molecule has 3 aromatic rings. The number of anilines is 1. The van der Waals surface area contributed by atoms with Gasteiger partial charge >= 0.3 is 0 Å². The van der Waals surface area contributed by atoms with Gasteiger partial charge in [-0.15, -0.1) is 0 Å². The Morgan fingerprint density at radius 1 is 0.971 bits per heavy atom. The number of sulfonamides is 1. The zero-order valence-corrected chi connectivity index (χ0v) is 20.9. The summed E-state index contributed by atoms with van der Waals surface area (Å²) in [7, 11) is -4.08. The van der Waals surface area contributed by atoms with Crippen molar-refractivity contribution in [1.29, 1.82) is 0 Å². The molecule has 186 valence electrons. The third kappa shape index (κ3) is 6.45. The van der Waals surface area contributed by atoms with Gasteiger partial charge in [0.15, 0.2) is 0 Å². The smallest absolute Gasteiger partial charge is 0.262 e. The van der Waals surface area contributed by atoms with Crippen LogP contribution in [0.25, 0.3) is 10.8 Å². The maximum atomic E-state index is 13.8. The SMILES string of the molecule is CC(=O)Nc1ccc2cc(S(=O)(=O)N(CCCc3ccccc3)C(C(=O)NO)C(C)C)ccc2c1. The van der Waals surface area contributed by atoms with Crippen molar-refractivity contribution in [2.45, 2.75) is 44.6 Å². The minimum Gasteiger partial charge on any atom is -0.326 e. The molecule has 0 bridgehead atoms. The van der Waals surface area contributed by atoms with E-state index in [-0.39, 0.29) is 23.3 Å². The Morgan fingerprint density at radius 2 is 1.63 bits per heavy atom. The number of aryl methyl sites for hydroxylation is 1. The summed E-state index contributed by atoms with van der Waals surface area (Å²) in [5, 5.41) is 13.5. The number of nitrogens with one attached hydrogen (secondary N) is 2. The number of fused-ring (bicyclic) bond motifs is 1. The van der Waals surface area contributed by atoms with Gasteiger partial charge in [-0.1, -0.05) is 56.3 Å². The molecule has 1 unspecified atom stereocenters. The van der Waals surface area contributed by atoms with Crippen LogP contribution in [-0.2, 0) is 26.0 Å². The molecule has 9 heteroatoms. The van der Waals surface area contributed by atoms with E-state index >= 15 is 0 Å². The van der Waals surface area contributed by atoms with Crippen LogP contribution in [0.1, 0.15) is 32.8 Å². The quantitative estimate of drug-likeness (QED) is 0.290. The van der Waals surface area contributed by atoms with Gasteiger partial charge in [-0.3, -0.25) is 14.8 Å². The summed E-state index contributed by atoms with van der Waals surface area (Å²) in [5.74, 6) is -1.35. The van der Waals surface area contributed by atoms with Crippen molar-refractivity contribution < 1.29 is 23.2 Å². The average molecular weight is 498 g/mol. The fraction of sp³-hybridized carbons (Fsp3) is 0.308. The van der Waals surface area contributed by atoms with Gasteiger partial charge in [-0.2, -0.15) is 4.31 Å². The lowest BCUT2D eigenvalue weighted by atomic mass is 10.0. The highest BCUT2D eigenvalue weighted by atomic mass is 32.2. The number of rotatable bonds is 10. The number of carbonyl (C=O) groups excluding carboxylic acids is 2. The molecular weight excluding hydrogens is 466 g/mol. The van der Waals surface area contributed by atoms with E-state index in [1.165, 1.54) is 17.3 Å². The number of hydrogen-bond acceptors (Lipinski definition) is 5. The van der Waals surface area contributed by atoms with Crippen molar-refractivity contribution in [2.75, 3.05) is 11.9 Å². The molecule has 3 aromatic carbocycles. The van der Waals surface area contributed by atoms with Crippen LogP contribution in [-0.4, -0.2) is 42.3 Å². The molecule has 2 amide bonds. The molecule has 0 saturated heterocycles. The van der Waals surface area contributed by atoms with Crippen molar-refractivity contribution in [2.24, 2.45) is 5.92 Å². The van der Waals surface area contributed by atoms with Gasteiger partial charge in [0, 0.05) is 19.2 Å². The number of hydrogen-bond donors (Lipinski definition) is 3. The molecule has 3 N–H and O–H groups in total. The Balaban J connectivity index is 1.96. The van der Waals surface area contributed by atoms with Crippen LogP contribution in [0.4, 0.5) is 5.69 Å². The van der Waals surface area contributed by atoms with Crippen LogP contribution in [0.3, 0.4) is 0 Å². The summed E-state index contributed by atoms with van der Waals surface area (Å²) in [6.07, 6.45) is 1.14. The second kappa shape index (κ2) is 11.4. The maximum absolute atomic E-state index is 13.8. The van der Waals surface area contributed by atoms with E-state index in [1.54, 1.807) is 49.7 Å². The molecule has 0 spiro atoms. The fourth-order valence-corrected chi connectivity index (χ4v) is 5.92. The van der Waals surface area contributed by atoms with Gasteiger partial charge in [0.2, 0.25) is 15.9 Å². The highest BCUT2D eigenvalue weighted by Gasteiger charge is 2.37. The van der Waals surface area contributed by atoms with Crippen LogP contribution < -0.4 is 10.8 Å². The minimum absolute atomic E-state index is 0.0494. The van der Waals surface area contributed by atoms with Crippen molar-refractivity contribution >= 4 is 38.3 Å². The highest BCUT2D eigenvalue weighted by molar-refractivity contribution is 7.89. The van der Waals surface area contributed by atoms with Crippen LogP contribution in [0.2, 0.25) is 0 Å². The zero-order chi connectivity index (χ0) is 25.6. The van der Waals surface area contributed by atoms with E-state index in [0.717, 1.165) is 10.9 Å². The Bertz CT molecular complexity index is 1290. The molecule has 0 aliphatic heterocycles. The van der Waals surface area contributed by atoms with Crippen molar-refractivity contribution in [3.8, 4) is 0 Å². The normalized spacial score (nSPS) is 12.6. The van der Waals surface area contributed by atoms with E-state index < -0.39 is 22.0 Å². The molecule has 0 aromatic heterocycles. The monoisotopic (exact) mass is 497 g/mol. The molecule has 0 radical (unpaired) electrons. The first-order chi connectivity index (χ1) is 16.6. The Morgan fingerprint density at radius 3 is 2.26 bits per heavy atom. The second-order valence-electron chi connectivity index (χ2n) is 8.77. The molecule has 0 aliphatic rings. The molecular formula is C26H31N3O5S. The summed E-state index contributed by atoms with van der Waals surface area (Å²) in [5.41, 5.74) is 3.31. The van der Waals surface area contributed by atoms with Gasteiger partial charge in [0.25, 0.3) is 5.91 Å². The standard InChI is InChI=1S/C26H31N3O5S/c1-18(2)25(26(31)28-32)29(15-7-10-20-8-5-4-6-9-20)35(33,34)24-14-12-21-16-23(27-19(3)30)13-11-22(21)17-24/h4-6,8-9,11-14,16-18,25,32H,7,10,15H2,1-3H3,(H,27,30)(H,28,31). The lowest BCUT2D eigenvalue weighted by Gasteiger charge is -2.32. The third-order valence-electron chi connectivity index (χ3n) is 5.75. The number of carbonyl (C=O) groups is 2. The lowest BCUT2D eigenvalue weighted by Crippen LogP contribution is -2.52. The van der Waals surface area contributed by atoms with Crippen LogP contribution in [0.5, 0.6) is 0 Å². The second-order valence-corrected chi connectivity index (χ2v) is 10.7. The maximum Gasteiger partial charge on any atom is 0.262 e. The van der Waals surface area contributed by atoms with E-state index in [4.69, 9.17) is 0 Å². The number of nitrogens with zero attached hydrogens (tertiary/aromatic N) is 1. The van der Waals surface area contributed by atoms with E-state index in [1.807, 2.05) is 30.3 Å². The first-order valence-electron chi connectivity index (χ1n) is 11.4. The number of benzene rings is 3. The molecule has 0 heterocycles. The Hall–Kier alpha value is -3.27. The molecule has 1 atom stereocenters. The molecule has 0 aliphatic carbocycles. The molecule has 0 saturated carbocycles. The largest absolute Gasteiger partial charge is 0.326 e. The summed E-state index contributed by atoms with van der Waals surface area (Å²) < 4.78 is 28.8. The number of amides is 2. The van der Waals surface area contributed by atoms with E-state index in [9.17, 15) is 23.2 Å². The fourth-order valence-electron chi connectivity index (χ4n) is 4.13.